The van der Waals surface area contributed by atoms with E-state index in [1.165, 1.54) is 32.1 Å². The largest absolute Gasteiger partial charge is 0.326 e. The molecule has 0 aliphatic heterocycles. The van der Waals surface area contributed by atoms with Gasteiger partial charge in [0.05, 0.1) is 17.3 Å². The Kier molecular flexibility index (Phi) is 4.95. The van der Waals surface area contributed by atoms with Gasteiger partial charge in [-0.3, -0.25) is 9.78 Å². The van der Waals surface area contributed by atoms with Gasteiger partial charge < -0.3 is 5.32 Å². The Labute approximate surface area is 141 Å². The van der Waals surface area contributed by atoms with Crippen LogP contribution in [0.4, 0.5) is 11.6 Å². The van der Waals surface area contributed by atoms with Crippen molar-refractivity contribution in [2.24, 2.45) is 5.92 Å². The molecular formula is C19H22N4O. The quantitative estimate of drug-likeness (QED) is 0.896. The van der Waals surface area contributed by atoms with Crippen molar-refractivity contribution >= 4 is 11.6 Å². The number of aromatic nitrogens is 2. The number of nitrogens with zero attached hydrogens (tertiary/aromatic N) is 2. The van der Waals surface area contributed by atoms with Crippen LogP contribution < -0.4 is 10.9 Å². The zero-order valence-corrected chi connectivity index (χ0v) is 13.9. The van der Waals surface area contributed by atoms with Crippen LogP contribution in [0.5, 0.6) is 0 Å². The van der Waals surface area contributed by atoms with Crippen molar-refractivity contribution in [3.8, 4) is 6.07 Å². The lowest BCUT2D eigenvalue weighted by Crippen LogP contribution is -2.20. The lowest BCUT2D eigenvalue weighted by atomic mass is 9.85. The Bertz CT molecular complexity index is 796. The molecule has 2 aromatic rings. The number of aromatic amines is 1. The van der Waals surface area contributed by atoms with Gasteiger partial charge in [0, 0.05) is 11.3 Å². The molecule has 0 spiro atoms. The summed E-state index contributed by atoms with van der Waals surface area (Å²) < 4.78 is 0. The Morgan fingerprint density at radius 3 is 2.62 bits per heavy atom. The summed E-state index contributed by atoms with van der Waals surface area (Å²) in [6.45, 7) is 1.84. The van der Waals surface area contributed by atoms with Crippen molar-refractivity contribution in [2.45, 2.75) is 45.4 Å². The number of hydrogen-bond acceptors (Lipinski definition) is 4. The van der Waals surface area contributed by atoms with Crippen LogP contribution in [0.3, 0.4) is 0 Å². The Morgan fingerprint density at radius 1 is 1.25 bits per heavy atom. The number of anilines is 2. The molecule has 5 nitrogen and oxygen atoms in total. The minimum Gasteiger partial charge on any atom is -0.326 e. The first-order chi connectivity index (χ1) is 11.7. The molecular weight excluding hydrogens is 300 g/mol. The zero-order valence-electron chi connectivity index (χ0n) is 13.9. The lowest BCUT2D eigenvalue weighted by Gasteiger charge is -2.21. The first kappa shape index (κ1) is 16.3. The molecule has 3 rings (SSSR count). The first-order valence-electron chi connectivity index (χ1n) is 8.52. The van der Waals surface area contributed by atoms with Gasteiger partial charge in [0.2, 0.25) is 5.95 Å². The van der Waals surface area contributed by atoms with E-state index in [1.807, 2.05) is 6.92 Å². The first-order valence-corrected chi connectivity index (χ1v) is 8.52. The van der Waals surface area contributed by atoms with E-state index in [9.17, 15) is 4.79 Å². The number of nitriles is 1. The molecule has 0 amide bonds. The highest BCUT2D eigenvalue weighted by molar-refractivity contribution is 5.55. The molecule has 1 saturated carbocycles. The van der Waals surface area contributed by atoms with E-state index in [2.05, 4.69) is 21.4 Å². The van der Waals surface area contributed by atoms with Gasteiger partial charge in [-0.15, -0.1) is 0 Å². The number of rotatable bonds is 4. The summed E-state index contributed by atoms with van der Waals surface area (Å²) in [6, 6.07) is 9.16. The maximum Gasteiger partial charge on any atom is 0.255 e. The summed E-state index contributed by atoms with van der Waals surface area (Å²) in [5, 5.41) is 12.0. The van der Waals surface area contributed by atoms with Gasteiger partial charge in [-0.2, -0.15) is 5.26 Å². The van der Waals surface area contributed by atoms with E-state index in [-0.39, 0.29) is 5.56 Å². The molecule has 0 radical (unpaired) electrons. The second-order valence-electron chi connectivity index (χ2n) is 6.51. The van der Waals surface area contributed by atoms with Crippen molar-refractivity contribution in [3.63, 3.8) is 0 Å². The maximum absolute atomic E-state index is 12.2. The van der Waals surface area contributed by atoms with Gasteiger partial charge in [-0.25, -0.2) is 4.98 Å². The van der Waals surface area contributed by atoms with E-state index in [0.29, 0.717) is 23.0 Å². The smallest absolute Gasteiger partial charge is 0.255 e. The highest BCUT2D eigenvalue weighted by Crippen LogP contribution is 2.27. The van der Waals surface area contributed by atoms with Crippen LogP contribution in [0.1, 0.15) is 48.9 Å². The standard InChI is InChI=1S/C19H22N4O/c1-13-17(11-14-5-3-2-4-6-14)22-19(23-18(13)24)21-16-9-7-15(12-20)8-10-16/h7-10,14H,2-6,11H2,1H3,(H2,21,22,23,24). The molecule has 2 N–H and O–H groups in total. The molecule has 1 aliphatic carbocycles. The van der Waals surface area contributed by atoms with E-state index in [4.69, 9.17) is 5.26 Å². The molecule has 1 aromatic heterocycles. The maximum atomic E-state index is 12.2. The molecule has 0 atom stereocenters. The fraction of sp³-hybridized carbons (Fsp3) is 0.421. The summed E-state index contributed by atoms with van der Waals surface area (Å²) in [6.07, 6.45) is 7.21. The van der Waals surface area contributed by atoms with Crippen molar-refractivity contribution in [2.75, 3.05) is 5.32 Å². The van der Waals surface area contributed by atoms with Crippen LogP contribution >= 0.6 is 0 Å². The van der Waals surface area contributed by atoms with Gasteiger partial charge in [-0.05, 0) is 43.5 Å². The van der Waals surface area contributed by atoms with Crippen molar-refractivity contribution in [1.29, 1.82) is 5.26 Å². The summed E-state index contributed by atoms with van der Waals surface area (Å²) >= 11 is 0. The normalized spacial score (nSPS) is 15.0. The van der Waals surface area contributed by atoms with E-state index < -0.39 is 0 Å². The van der Waals surface area contributed by atoms with Crippen LogP contribution in [0, 0.1) is 24.2 Å². The number of nitrogens with one attached hydrogen (secondary N) is 2. The van der Waals surface area contributed by atoms with Gasteiger partial charge in [0.25, 0.3) is 5.56 Å². The number of hydrogen-bond donors (Lipinski definition) is 2. The van der Waals surface area contributed by atoms with Crippen LogP contribution in [-0.4, -0.2) is 9.97 Å². The molecule has 124 valence electrons. The van der Waals surface area contributed by atoms with Crippen molar-refractivity contribution in [1.82, 2.24) is 9.97 Å². The molecule has 0 saturated heterocycles. The predicted molar refractivity (Wildman–Crippen MR) is 94.3 cm³/mol. The highest BCUT2D eigenvalue weighted by atomic mass is 16.1. The minimum atomic E-state index is -0.0908. The Hall–Kier alpha value is -2.61. The predicted octanol–water partition coefficient (Wildman–Crippen LogP) is 3.82. The van der Waals surface area contributed by atoms with Gasteiger partial charge in [0.15, 0.2) is 0 Å². The third-order valence-corrected chi connectivity index (χ3v) is 4.74. The Morgan fingerprint density at radius 2 is 1.96 bits per heavy atom. The number of H-pyrrole nitrogens is 1. The molecule has 1 aromatic carbocycles. The molecule has 5 heteroatoms. The second-order valence-corrected chi connectivity index (χ2v) is 6.51. The Balaban J connectivity index is 1.80. The minimum absolute atomic E-state index is 0.0908. The van der Waals surface area contributed by atoms with Crippen LogP contribution in [-0.2, 0) is 6.42 Å². The van der Waals surface area contributed by atoms with Gasteiger partial charge in [-0.1, -0.05) is 32.1 Å². The van der Waals surface area contributed by atoms with Crippen molar-refractivity contribution < 1.29 is 0 Å². The van der Waals surface area contributed by atoms with E-state index in [1.54, 1.807) is 24.3 Å². The van der Waals surface area contributed by atoms with Gasteiger partial charge in [0.1, 0.15) is 0 Å². The molecule has 0 bridgehead atoms. The summed E-state index contributed by atoms with van der Waals surface area (Å²) in [5.74, 6) is 1.09. The third-order valence-electron chi connectivity index (χ3n) is 4.74. The zero-order chi connectivity index (χ0) is 16.9. The molecule has 0 unspecified atom stereocenters. The molecule has 1 heterocycles. The topological polar surface area (TPSA) is 81.6 Å². The van der Waals surface area contributed by atoms with E-state index in [0.717, 1.165) is 17.8 Å². The molecule has 24 heavy (non-hydrogen) atoms. The second kappa shape index (κ2) is 7.31. The van der Waals surface area contributed by atoms with Gasteiger partial charge >= 0.3 is 0 Å². The van der Waals surface area contributed by atoms with Crippen LogP contribution in [0.15, 0.2) is 29.1 Å². The van der Waals surface area contributed by atoms with E-state index >= 15 is 0 Å². The SMILES string of the molecule is Cc1c(CC2CCCCC2)nc(Nc2ccc(C#N)cc2)[nH]c1=O. The average Bonchev–Trinajstić information content (AvgIpc) is 2.61. The molecule has 1 aliphatic rings. The van der Waals surface area contributed by atoms with Crippen LogP contribution in [0.25, 0.3) is 0 Å². The summed E-state index contributed by atoms with van der Waals surface area (Å²) in [7, 11) is 0. The van der Waals surface area contributed by atoms with Crippen LogP contribution in [0.2, 0.25) is 0 Å². The highest BCUT2D eigenvalue weighted by Gasteiger charge is 2.17. The molecule has 1 fully saturated rings. The average molecular weight is 322 g/mol. The van der Waals surface area contributed by atoms with Crippen molar-refractivity contribution in [3.05, 3.63) is 51.4 Å². The summed E-state index contributed by atoms with van der Waals surface area (Å²) in [5.41, 5.74) is 2.91. The fourth-order valence-corrected chi connectivity index (χ4v) is 3.27. The monoisotopic (exact) mass is 322 g/mol. The fourth-order valence-electron chi connectivity index (χ4n) is 3.27. The number of benzene rings is 1. The lowest BCUT2D eigenvalue weighted by molar-refractivity contribution is 0.353. The summed E-state index contributed by atoms with van der Waals surface area (Å²) in [4.78, 5) is 19.6. The third kappa shape index (κ3) is 3.83.